The predicted molar refractivity (Wildman–Crippen MR) is 83.4 cm³/mol. The molecule has 1 amide bonds. The van der Waals surface area contributed by atoms with Crippen molar-refractivity contribution < 1.29 is 4.79 Å². The molecule has 1 unspecified atom stereocenters. The van der Waals surface area contributed by atoms with Crippen LogP contribution in [0.5, 0.6) is 0 Å². The zero-order chi connectivity index (χ0) is 14.2. The van der Waals surface area contributed by atoms with E-state index in [1.165, 1.54) is 12.8 Å². The van der Waals surface area contributed by atoms with Gasteiger partial charge in [0.25, 0.3) is 5.91 Å². The number of carbonyl (C=O) groups is 1. The number of rotatable bonds is 4. The molecule has 1 aliphatic heterocycles. The van der Waals surface area contributed by atoms with Crippen molar-refractivity contribution in [3.05, 3.63) is 36.0 Å². The van der Waals surface area contributed by atoms with E-state index in [9.17, 15) is 4.79 Å². The Morgan fingerprint density at radius 1 is 1.24 bits per heavy atom. The molecule has 110 valence electrons. The van der Waals surface area contributed by atoms with Crippen LogP contribution in [0.1, 0.15) is 36.0 Å². The number of H-pyrrole nitrogens is 1. The summed E-state index contributed by atoms with van der Waals surface area (Å²) in [5.74, 6) is 0.184. The van der Waals surface area contributed by atoms with Gasteiger partial charge in [0.2, 0.25) is 0 Å². The third kappa shape index (κ3) is 2.44. The maximum absolute atomic E-state index is 13.0. The lowest BCUT2D eigenvalue weighted by Gasteiger charge is -2.25. The van der Waals surface area contributed by atoms with Gasteiger partial charge in [-0.05, 0) is 38.3 Å². The Morgan fingerprint density at radius 2 is 2.10 bits per heavy atom. The first kappa shape index (κ1) is 12.9. The molecule has 4 rings (SSSR count). The summed E-state index contributed by atoms with van der Waals surface area (Å²) in [6, 6.07) is 8.96. The van der Waals surface area contributed by atoms with Crippen molar-refractivity contribution in [3.63, 3.8) is 0 Å². The standard InChI is InChI=1S/C17H21N3O/c21-17(15-10-19-16-6-2-1-5-14(15)16)20(13-7-8-13)11-12-4-3-9-18-12/h1-2,5-6,10,12-13,18-19H,3-4,7-9,11H2. The molecule has 2 heterocycles. The zero-order valence-corrected chi connectivity index (χ0v) is 12.1. The lowest BCUT2D eigenvalue weighted by molar-refractivity contribution is 0.0730. The lowest BCUT2D eigenvalue weighted by atomic mass is 10.1. The quantitative estimate of drug-likeness (QED) is 0.906. The second-order valence-electron chi connectivity index (χ2n) is 6.23. The minimum Gasteiger partial charge on any atom is -0.360 e. The highest BCUT2D eigenvalue weighted by molar-refractivity contribution is 6.06. The first-order valence-corrected chi connectivity index (χ1v) is 7.93. The minimum absolute atomic E-state index is 0.184. The number of amides is 1. The first-order chi connectivity index (χ1) is 10.3. The Balaban J connectivity index is 1.61. The van der Waals surface area contributed by atoms with Crippen molar-refractivity contribution >= 4 is 16.8 Å². The Labute approximate surface area is 124 Å². The van der Waals surface area contributed by atoms with E-state index in [4.69, 9.17) is 0 Å². The number of benzene rings is 1. The summed E-state index contributed by atoms with van der Waals surface area (Å²) in [5.41, 5.74) is 1.85. The summed E-state index contributed by atoms with van der Waals surface area (Å²) in [7, 11) is 0. The number of aromatic nitrogens is 1. The highest BCUT2D eigenvalue weighted by Gasteiger charge is 2.35. The number of carbonyl (C=O) groups excluding carboxylic acids is 1. The van der Waals surface area contributed by atoms with Crippen LogP contribution >= 0.6 is 0 Å². The highest BCUT2D eigenvalue weighted by Crippen LogP contribution is 2.30. The molecular weight excluding hydrogens is 262 g/mol. The SMILES string of the molecule is O=C(c1c[nH]c2ccccc12)N(CC1CCCN1)C1CC1. The average molecular weight is 283 g/mol. The Hall–Kier alpha value is -1.81. The molecule has 21 heavy (non-hydrogen) atoms. The maximum Gasteiger partial charge on any atom is 0.256 e. The van der Waals surface area contributed by atoms with Gasteiger partial charge in [-0.25, -0.2) is 0 Å². The minimum atomic E-state index is 0.184. The summed E-state index contributed by atoms with van der Waals surface area (Å²) in [6.45, 7) is 1.94. The molecule has 0 bridgehead atoms. The van der Waals surface area contributed by atoms with Gasteiger partial charge in [-0.15, -0.1) is 0 Å². The molecule has 1 aliphatic carbocycles. The third-order valence-electron chi connectivity index (χ3n) is 4.65. The second-order valence-corrected chi connectivity index (χ2v) is 6.23. The van der Waals surface area contributed by atoms with E-state index >= 15 is 0 Å². The Kier molecular flexibility index (Phi) is 3.19. The van der Waals surface area contributed by atoms with Crippen LogP contribution in [0.2, 0.25) is 0 Å². The zero-order valence-electron chi connectivity index (χ0n) is 12.1. The van der Waals surface area contributed by atoms with Crippen LogP contribution in [0.3, 0.4) is 0 Å². The molecular formula is C17H21N3O. The van der Waals surface area contributed by atoms with Gasteiger partial charge < -0.3 is 15.2 Å². The van der Waals surface area contributed by atoms with E-state index in [1.807, 2.05) is 30.5 Å². The van der Waals surface area contributed by atoms with Crippen LogP contribution in [0, 0.1) is 0 Å². The number of aromatic amines is 1. The van der Waals surface area contributed by atoms with Gasteiger partial charge in [-0.3, -0.25) is 4.79 Å². The van der Waals surface area contributed by atoms with E-state index in [0.29, 0.717) is 12.1 Å². The molecule has 0 radical (unpaired) electrons. The highest BCUT2D eigenvalue weighted by atomic mass is 16.2. The van der Waals surface area contributed by atoms with Crippen LogP contribution in [-0.2, 0) is 0 Å². The van der Waals surface area contributed by atoms with E-state index in [-0.39, 0.29) is 5.91 Å². The van der Waals surface area contributed by atoms with Crippen molar-refractivity contribution in [2.75, 3.05) is 13.1 Å². The molecule has 4 nitrogen and oxygen atoms in total. The normalized spacial score (nSPS) is 21.8. The summed E-state index contributed by atoms with van der Waals surface area (Å²) >= 11 is 0. The van der Waals surface area contributed by atoms with Gasteiger partial charge in [0.1, 0.15) is 0 Å². The smallest absolute Gasteiger partial charge is 0.256 e. The second kappa shape index (κ2) is 5.19. The molecule has 1 aromatic heterocycles. The molecule has 1 saturated carbocycles. The number of hydrogen-bond donors (Lipinski definition) is 2. The van der Waals surface area contributed by atoms with E-state index in [0.717, 1.165) is 42.4 Å². The van der Waals surface area contributed by atoms with Crippen LogP contribution in [0.4, 0.5) is 0 Å². The van der Waals surface area contributed by atoms with Gasteiger partial charge in [0.05, 0.1) is 5.56 Å². The first-order valence-electron chi connectivity index (χ1n) is 7.93. The van der Waals surface area contributed by atoms with E-state index in [2.05, 4.69) is 15.2 Å². The van der Waals surface area contributed by atoms with Crippen molar-refractivity contribution in [3.8, 4) is 0 Å². The molecule has 1 saturated heterocycles. The Morgan fingerprint density at radius 3 is 2.86 bits per heavy atom. The average Bonchev–Trinajstić information content (AvgIpc) is 3.05. The summed E-state index contributed by atoms with van der Waals surface area (Å²) in [5, 5.41) is 4.54. The van der Waals surface area contributed by atoms with Gasteiger partial charge in [-0.1, -0.05) is 18.2 Å². The predicted octanol–water partition coefficient (Wildman–Crippen LogP) is 2.52. The maximum atomic E-state index is 13.0. The van der Waals surface area contributed by atoms with Crippen LogP contribution < -0.4 is 5.32 Å². The van der Waals surface area contributed by atoms with Gasteiger partial charge in [0, 0.05) is 35.7 Å². The lowest BCUT2D eigenvalue weighted by Crippen LogP contribution is -2.42. The van der Waals surface area contributed by atoms with Crippen molar-refractivity contribution in [2.45, 2.75) is 37.8 Å². The van der Waals surface area contributed by atoms with Crippen LogP contribution in [0.25, 0.3) is 10.9 Å². The van der Waals surface area contributed by atoms with Crippen molar-refractivity contribution in [1.82, 2.24) is 15.2 Å². The fraction of sp³-hybridized carbons (Fsp3) is 0.471. The molecule has 2 aliphatic rings. The van der Waals surface area contributed by atoms with Crippen molar-refractivity contribution in [1.29, 1.82) is 0 Å². The van der Waals surface area contributed by atoms with E-state index < -0.39 is 0 Å². The van der Waals surface area contributed by atoms with Crippen molar-refractivity contribution in [2.24, 2.45) is 0 Å². The molecule has 0 spiro atoms. The third-order valence-corrected chi connectivity index (χ3v) is 4.65. The number of para-hydroxylation sites is 1. The number of hydrogen-bond acceptors (Lipinski definition) is 2. The monoisotopic (exact) mass is 283 g/mol. The number of nitrogens with zero attached hydrogens (tertiary/aromatic N) is 1. The summed E-state index contributed by atoms with van der Waals surface area (Å²) < 4.78 is 0. The van der Waals surface area contributed by atoms with E-state index in [1.54, 1.807) is 0 Å². The van der Waals surface area contributed by atoms with Gasteiger partial charge in [0.15, 0.2) is 0 Å². The van der Waals surface area contributed by atoms with Gasteiger partial charge in [-0.2, -0.15) is 0 Å². The summed E-state index contributed by atoms with van der Waals surface area (Å²) in [4.78, 5) is 18.3. The largest absolute Gasteiger partial charge is 0.360 e. The number of nitrogens with one attached hydrogen (secondary N) is 2. The molecule has 1 atom stereocenters. The molecule has 4 heteroatoms. The molecule has 2 aromatic rings. The number of fused-ring (bicyclic) bond motifs is 1. The topological polar surface area (TPSA) is 48.1 Å². The fourth-order valence-electron chi connectivity index (χ4n) is 3.34. The Bertz CT molecular complexity index is 653. The van der Waals surface area contributed by atoms with Crippen LogP contribution in [-0.4, -0.2) is 41.0 Å². The van der Waals surface area contributed by atoms with Crippen LogP contribution in [0.15, 0.2) is 30.5 Å². The molecule has 2 N–H and O–H groups in total. The van der Waals surface area contributed by atoms with Gasteiger partial charge >= 0.3 is 0 Å². The molecule has 2 fully saturated rings. The fourth-order valence-corrected chi connectivity index (χ4v) is 3.34. The summed E-state index contributed by atoms with van der Waals surface area (Å²) in [6.07, 6.45) is 6.58. The molecule has 1 aromatic carbocycles.